The first-order valence-corrected chi connectivity index (χ1v) is 6.74. The fourth-order valence-electron chi connectivity index (χ4n) is 3.34. The summed E-state index contributed by atoms with van der Waals surface area (Å²) in [5.74, 6) is 0. The molecule has 1 aromatic rings. The van der Waals surface area contributed by atoms with Crippen molar-refractivity contribution in [2.75, 3.05) is 6.54 Å². The van der Waals surface area contributed by atoms with E-state index in [2.05, 4.69) is 17.0 Å². The van der Waals surface area contributed by atoms with Gasteiger partial charge < -0.3 is 0 Å². The third-order valence-corrected chi connectivity index (χ3v) is 4.45. The highest BCUT2D eigenvalue weighted by Crippen LogP contribution is 2.42. The van der Waals surface area contributed by atoms with Gasteiger partial charge in [0, 0.05) is 17.1 Å². The largest absolute Gasteiger partial charge is 0.293 e. The van der Waals surface area contributed by atoms with Gasteiger partial charge in [0.15, 0.2) is 0 Å². The normalized spacial score (nSPS) is 30.3. The highest BCUT2D eigenvalue weighted by Gasteiger charge is 2.36. The smallest absolute Gasteiger partial charge is 0.0453 e. The van der Waals surface area contributed by atoms with E-state index in [4.69, 9.17) is 11.6 Å². The Labute approximate surface area is 102 Å². The third kappa shape index (κ3) is 1.76. The molecule has 2 fully saturated rings. The first-order chi connectivity index (χ1) is 7.86. The number of rotatable bonds is 1. The minimum atomic E-state index is 0.582. The monoisotopic (exact) mass is 235 g/mol. The van der Waals surface area contributed by atoms with Crippen LogP contribution in [0.3, 0.4) is 0 Å². The molecule has 2 aliphatic heterocycles. The van der Waals surface area contributed by atoms with E-state index >= 15 is 0 Å². The molecule has 2 heterocycles. The molecule has 86 valence electrons. The zero-order valence-corrected chi connectivity index (χ0v) is 10.3. The summed E-state index contributed by atoms with van der Waals surface area (Å²) in [6.45, 7) is 1.26. The molecule has 1 aromatic carbocycles. The fourth-order valence-corrected chi connectivity index (χ4v) is 3.60. The summed E-state index contributed by atoms with van der Waals surface area (Å²) in [5, 5.41) is 0.943. The Kier molecular flexibility index (Phi) is 2.91. The minimum absolute atomic E-state index is 0.582. The van der Waals surface area contributed by atoms with E-state index in [0.29, 0.717) is 6.04 Å². The third-order valence-electron chi connectivity index (χ3n) is 4.11. The van der Waals surface area contributed by atoms with Gasteiger partial charge in [-0.1, -0.05) is 36.2 Å². The Morgan fingerprint density at radius 3 is 2.81 bits per heavy atom. The van der Waals surface area contributed by atoms with Gasteiger partial charge in [0.1, 0.15) is 0 Å². The zero-order chi connectivity index (χ0) is 11.0. The molecule has 0 amide bonds. The second kappa shape index (κ2) is 4.38. The predicted octanol–water partition coefficient (Wildman–Crippen LogP) is 4.03. The number of fused-ring (bicyclic) bond motifs is 1. The zero-order valence-electron chi connectivity index (χ0n) is 9.53. The van der Waals surface area contributed by atoms with Gasteiger partial charge in [-0.25, -0.2) is 0 Å². The van der Waals surface area contributed by atoms with Crippen LogP contribution in [0.1, 0.15) is 43.7 Å². The number of nitrogens with zero attached hydrogens (tertiary/aromatic N) is 1. The van der Waals surface area contributed by atoms with Crippen LogP contribution >= 0.6 is 11.6 Å². The van der Waals surface area contributed by atoms with Crippen LogP contribution < -0.4 is 0 Å². The second-order valence-corrected chi connectivity index (χ2v) is 5.41. The molecular weight excluding hydrogens is 218 g/mol. The van der Waals surface area contributed by atoms with Crippen molar-refractivity contribution in [1.29, 1.82) is 0 Å². The van der Waals surface area contributed by atoms with Crippen molar-refractivity contribution in [2.24, 2.45) is 0 Å². The molecule has 0 unspecified atom stereocenters. The molecule has 3 rings (SSSR count). The quantitative estimate of drug-likeness (QED) is 0.711. The minimum Gasteiger partial charge on any atom is -0.293 e. The molecule has 0 bridgehead atoms. The molecule has 0 spiro atoms. The number of hydrogen-bond donors (Lipinski definition) is 0. The lowest BCUT2D eigenvalue weighted by atomic mass is 10.0. The summed E-state index contributed by atoms with van der Waals surface area (Å²) in [5.41, 5.74) is 1.34. The Bertz CT molecular complexity index is 377. The first-order valence-electron chi connectivity index (χ1n) is 6.36. The van der Waals surface area contributed by atoms with Crippen LogP contribution in [0.15, 0.2) is 24.3 Å². The van der Waals surface area contributed by atoms with E-state index in [9.17, 15) is 0 Å². The summed E-state index contributed by atoms with van der Waals surface area (Å²) < 4.78 is 0. The van der Waals surface area contributed by atoms with Crippen LogP contribution in [0, 0.1) is 0 Å². The number of halogens is 1. The van der Waals surface area contributed by atoms with Crippen molar-refractivity contribution in [3.05, 3.63) is 34.9 Å². The van der Waals surface area contributed by atoms with E-state index in [1.807, 2.05) is 12.1 Å². The molecule has 1 nitrogen and oxygen atoms in total. The van der Waals surface area contributed by atoms with Gasteiger partial charge in [-0.3, -0.25) is 4.90 Å². The lowest BCUT2D eigenvalue weighted by Crippen LogP contribution is -2.35. The predicted molar refractivity (Wildman–Crippen MR) is 67.8 cm³/mol. The molecule has 0 radical (unpaired) electrons. The van der Waals surface area contributed by atoms with Crippen LogP contribution in [0.4, 0.5) is 0 Å². The van der Waals surface area contributed by atoms with Crippen LogP contribution in [0.5, 0.6) is 0 Å². The average Bonchev–Trinajstić information content (AvgIpc) is 2.74. The Hall–Kier alpha value is -0.530. The SMILES string of the molecule is Clc1ccccc1[C@@H]1CC[C@@H]2CCCCN21. The van der Waals surface area contributed by atoms with Gasteiger partial charge >= 0.3 is 0 Å². The van der Waals surface area contributed by atoms with E-state index in [0.717, 1.165) is 11.1 Å². The lowest BCUT2D eigenvalue weighted by molar-refractivity contribution is 0.150. The Morgan fingerprint density at radius 1 is 1.06 bits per heavy atom. The van der Waals surface area contributed by atoms with E-state index in [-0.39, 0.29) is 0 Å². The second-order valence-electron chi connectivity index (χ2n) is 5.00. The highest BCUT2D eigenvalue weighted by atomic mass is 35.5. The molecule has 2 heteroatoms. The summed E-state index contributed by atoms with van der Waals surface area (Å²) in [4.78, 5) is 2.69. The van der Waals surface area contributed by atoms with E-state index in [1.165, 1.54) is 44.2 Å². The maximum atomic E-state index is 6.31. The topological polar surface area (TPSA) is 3.24 Å². The molecule has 0 saturated carbocycles. The molecule has 0 N–H and O–H groups in total. The molecule has 0 aliphatic carbocycles. The molecule has 0 aromatic heterocycles. The van der Waals surface area contributed by atoms with Crippen molar-refractivity contribution in [1.82, 2.24) is 4.90 Å². The molecular formula is C14H18ClN. The standard InChI is InChI=1S/C14H18ClN/c15-13-7-2-1-6-12(13)14-9-8-11-5-3-4-10-16(11)14/h1-2,6-7,11,14H,3-5,8-10H2/t11-,14-/m0/s1. The van der Waals surface area contributed by atoms with Crippen LogP contribution in [0.25, 0.3) is 0 Å². The highest BCUT2D eigenvalue weighted by molar-refractivity contribution is 6.31. The van der Waals surface area contributed by atoms with Crippen molar-refractivity contribution in [3.63, 3.8) is 0 Å². The van der Waals surface area contributed by atoms with Gasteiger partial charge in [-0.15, -0.1) is 0 Å². The number of benzene rings is 1. The maximum Gasteiger partial charge on any atom is 0.0453 e. The number of hydrogen-bond acceptors (Lipinski definition) is 1. The van der Waals surface area contributed by atoms with Gasteiger partial charge in [0.2, 0.25) is 0 Å². The summed E-state index contributed by atoms with van der Waals surface area (Å²) in [6.07, 6.45) is 6.80. The van der Waals surface area contributed by atoms with Crippen molar-refractivity contribution in [2.45, 2.75) is 44.2 Å². The maximum absolute atomic E-state index is 6.31. The first kappa shape index (κ1) is 10.6. The Balaban J connectivity index is 1.88. The summed E-state index contributed by atoms with van der Waals surface area (Å²) in [7, 11) is 0. The summed E-state index contributed by atoms with van der Waals surface area (Å²) in [6, 6.07) is 9.76. The molecule has 2 saturated heterocycles. The number of piperidine rings is 1. The van der Waals surface area contributed by atoms with Crippen LogP contribution in [-0.2, 0) is 0 Å². The molecule has 16 heavy (non-hydrogen) atoms. The lowest BCUT2D eigenvalue weighted by Gasteiger charge is -2.34. The molecule has 2 aliphatic rings. The molecule has 2 atom stereocenters. The summed E-state index contributed by atoms with van der Waals surface area (Å²) >= 11 is 6.31. The van der Waals surface area contributed by atoms with Gasteiger partial charge in [0.05, 0.1) is 0 Å². The van der Waals surface area contributed by atoms with Gasteiger partial charge in [-0.2, -0.15) is 0 Å². The van der Waals surface area contributed by atoms with Crippen molar-refractivity contribution >= 4 is 11.6 Å². The van der Waals surface area contributed by atoms with Crippen LogP contribution in [0.2, 0.25) is 5.02 Å². The van der Waals surface area contributed by atoms with E-state index in [1.54, 1.807) is 0 Å². The van der Waals surface area contributed by atoms with E-state index < -0.39 is 0 Å². The van der Waals surface area contributed by atoms with Gasteiger partial charge in [0.25, 0.3) is 0 Å². The van der Waals surface area contributed by atoms with Crippen molar-refractivity contribution < 1.29 is 0 Å². The van der Waals surface area contributed by atoms with Gasteiger partial charge in [-0.05, 0) is 43.9 Å². The van der Waals surface area contributed by atoms with Crippen LogP contribution in [-0.4, -0.2) is 17.5 Å². The average molecular weight is 236 g/mol. The Morgan fingerprint density at radius 2 is 1.94 bits per heavy atom. The van der Waals surface area contributed by atoms with Crippen molar-refractivity contribution in [3.8, 4) is 0 Å². The fraction of sp³-hybridized carbons (Fsp3) is 0.571.